The fraction of sp³-hybridized carbons (Fsp3) is 0.174. The summed E-state index contributed by atoms with van der Waals surface area (Å²) in [4.78, 5) is 14.7. The number of hydrogen-bond donors (Lipinski definition) is 2. The van der Waals surface area contributed by atoms with Crippen LogP contribution in [0.3, 0.4) is 0 Å². The van der Waals surface area contributed by atoms with Crippen molar-refractivity contribution in [1.82, 2.24) is 0 Å². The zero-order valence-electron chi connectivity index (χ0n) is 17.7. The predicted molar refractivity (Wildman–Crippen MR) is 123 cm³/mol. The molecule has 0 unspecified atom stereocenters. The Morgan fingerprint density at radius 1 is 0.969 bits per heavy atom. The summed E-state index contributed by atoms with van der Waals surface area (Å²) in [7, 11) is -3.60. The van der Waals surface area contributed by atoms with Gasteiger partial charge in [0.05, 0.1) is 23.3 Å². The Bertz CT molecular complexity index is 1280. The summed E-state index contributed by atoms with van der Waals surface area (Å²) in [6, 6.07) is 17.9. The second-order valence-corrected chi connectivity index (χ2v) is 9.71. The third kappa shape index (κ3) is 4.38. The number of nitrogens with one attached hydrogen (secondary N) is 2. The van der Waals surface area contributed by atoms with Crippen molar-refractivity contribution in [3.63, 3.8) is 0 Å². The molecule has 32 heavy (non-hydrogen) atoms. The highest BCUT2D eigenvalue weighted by Gasteiger charge is 2.42. The minimum atomic E-state index is -3.60. The van der Waals surface area contributed by atoms with E-state index in [4.69, 9.17) is 4.74 Å². The zero-order chi connectivity index (χ0) is 23.1. The van der Waals surface area contributed by atoms with Gasteiger partial charge in [-0.1, -0.05) is 18.2 Å². The molecular weight excluding hydrogens is 433 g/mol. The van der Waals surface area contributed by atoms with E-state index in [0.717, 1.165) is 11.9 Å². The van der Waals surface area contributed by atoms with E-state index in [9.17, 15) is 17.6 Å². The second kappa shape index (κ2) is 7.83. The average Bonchev–Trinajstić information content (AvgIpc) is 2.71. The van der Waals surface area contributed by atoms with Crippen LogP contribution in [0.5, 0.6) is 5.75 Å². The summed E-state index contributed by atoms with van der Waals surface area (Å²) >= 11 is 0. The zero-order valence-corrected chi connectivity index (χ0v) is 18.5. The van der Waals surface area contributed by atoms with Gasteiger partial charge in [0.1, 0.15) is 11.6 Å². The van der Waals surface area contributed by atoms with Crippen molar-refractivity contribution in [1.29, 1.82) is 0 Å². The van der Waals surface area contributed by atoms with Crippen LogP contribution < -0.4 is 19.7 Å². The summed E-state index contributed by atoms with van der Waals surface area (Å²) in [5.41, 5.74) is 1.04. The van der Waals surface area contributed by atoms with Crippen LogP contribution in [0.4, 0.5) is 32.8 Å². The molecule has 1 amide bonds. The van der Waals surface area contributed by atoms with Crippen LogP contribution >= 0.6 is 0 Å². The number of benzene rings is 3. The number of anilines is 5. The first-order chi connectivity index (χ1) is 15.0. The highest BCUT2D eigenvalue weighted by molar-refractivity contribution is 7.92. The number of halogens is 1. The molecule has 1 aliphatic heterocycles. The summed E-state index contributed by atoms with van der Waals surface area (Å²) in [5, 5.41) is 3.18. The molecule has 0 radical (unpaired) electrons. The Morgan fingerprint density at radius 2 is 1.62 bits per heavy atom. The topological polar surface area (TPSA) is 87.7 Å². The van der Waals surface area contributed by atoms with Crippen LogP contribution in [0.25, 0.3) is 0 Å². The highest BCUT2D eigenvalue weighted by atomic mass is 32.2. The van der Waals surface area contributed by atoms with Crippen molar-refractivity contribution >= 4 is 44.4 Å². The van der Waals surface area contributed by atoms with Gasteiger partial charge >= 0.3 is 0 Å². The molecule has 1 heterocycles. The van der Waals surface area contributed by atoms with Gasteiger partial charge in [-0.15, -0.1) is 0 Å². The van der Waals surface area contributed by atoms with Gasteiger partial charge in [0.25, 0.3) is 5.91 Å². The number of fused-ring (bicyclic) bond motifs is 1. The Morgan fingerprint density at radius 3 is 2.25 bits per heavy atom. The molecule has 0 saturated heterocycles. The van der Waals surface area contributed by atoms with Crippen LogP contribution in [0, 0.1) is 5.82 Å². The monoisotopic (exact) mass is 455 g/mol. The van der Waals surface area contributed by atoms with E-state index in [2.05, 4.69) is 10.0 Å². The number of carbonyl (C=O) groups is 1. The van der Waals surface area contributed by atoms with Crippen LogP contribution in [0.2, 0.25) is 0 Å². The summed E-state index contributed by atoms with van der Waals surface area (Å²) in [5.74, 6) is -0.456. The SMILES string of the molecule is CC1(C)Oc2cc(NS(C)(=O)=O)c(Nc3ccccc3)cc2N(c2ccc(F)cc2)C1=O. The molecule has 0 bridgehead atoms. The lowest BCUT2D eigenvalue weighted by Crippen LogP contribution is -2.50. The smallest absolute Gasteiger partial charge is 0.275 e. The number of amides is 1. The number of hydrogen-bond acceptors (Lipinski definition) is 5. The molecular formula is C23H22FN3O4S. The normalized spacial score (nSPS) is 15.0. The summed E-state index contributed by atoms with van der Waals surface area (Å²) in [6.07, 6.45) is 1.05. The van der Waals surface area contributed by atoms with Gasteiger partial charge in [-0.05, 0) is 56.3 Å². The van der Waals surface area contributed by atoms with E-state index in [1.807, 2.05) is 30.3 Å². The van der Waals surface area contributed by atoms with Gasteiger partial charge in [0, 0.05) is 17.4 Å². The average molecular weight is 456 g/mol. The third-order valence-corrected chi connectivity index (χ3v) is 5.45. The maximum Gasteiger partial charge on any atom is 0.275 e. The van der Waals surface area contributed by atoms with Crippen molar-refractivity contribution in [2.45, 2.75) is 19.4 Å². The van der Waals surface area contributed by atoms with Crippen LogP contribution in [0.1, 0.15) is 13.8 Å². The maximum absolute atomic E-state index is 13.5. The van der Waals surface area contributed by atoms with Gasteiger partial charge in [-0.3, -0.25) is 14.4 Å². The molecule has 3 aromatic carbocycles. The molecule has 166 valence electrons. The maximum atomic E-state index is 13.5. The molecule has 4 rings (SSSR count). The van der Waals surface area contributed by atoms with Crippen molar-refractivity contribution < 1.29 is 22.3 Å². The first-order valence-corrected chi connectivity index (χ1v) is 11.7. The number of sulfonamides is 1. The van der Waals surface area contributed by atoms with Crippen LogP contribution in [-0.2, 0) is 14.8 Å². The lowest BCUT2D eigenvalue weighted by Gasteiger charge is -2.39. The van der Waals surface area contributed by atoms with E-state index in [0.29, 0.717) is 22.8 Å². The fourth-order valence-corrected chi connectivity index (χ4v) is 4.00. The van der Waals surface area contributed by atoms with Gasteiger partial charge in [-0.25, -0.2) is 12.8 Å². The predicted octanol–water partition coefficient (Wildman–Crippen LogP) is 4.78. The Hall–Kier alpha value is -3.59. The van der Waals surface area contributed by atoms with E-state index in [1.54, 1.807) is 19.9 Å². The van der Waals surface area contributed by atoms with E-state index >= 15 is 0 Å². The molecule has 0 aromatic heterocycles. The minimum Gasteiger partial charge on any atom is -0.476 e. The Balaban J connectivity index is 1.90. The number of para-hydroxylation sites is 1. The van der Waals surface area contributed by atoms with E-state index < -0.39 is 21.4 Å². The quantitative estimate of drug-likeness (QED) is 0.578. The molecule has 0 saturated carbocycles. The molecule has 9 heteroatoms. The van der Waals surface area contributed by atoms with Gasteiger partial charge in [0.15, 0.2) is 5.60 Å². The summed E-state index contributed by atoms with van der Waals surface area (Å²) < 4.78 is 45.9. The van der Waals surface area contributed by atoms with Gasteiger partial charge < -0.3 is 10.1 Å². The largest absolute Gasteiger partial charge is 0.476 e. The van der Waals surface area contributed by atoms with E-state index in [-0.39, 0.29) is 11.6 Å². The first kappa shape index (κ1) is 21.6. The summed E-state index contributed by atoms with van der Waals surface area (Å²) in [6.45, 7) is 3.24. The van der Waals surface area contributed by atoms with Crippen molar-refractivity contribution in [3.8, 4) is 5.75 Å². The van der Waals surface area contributed by atoms with Gasteiger partial charge in [-0.2, -0.15) is 0 Å². The number of carbonyl (C=O) groups excluding carboxylic acids is 1. The molecule has 2 N–H and O–H groups in total. The molecule has 0 fully saturated rings. The minimum absolute atomic E-state index is 0.263. The van der Waals surface area contributed by atoms with Crippen LogP contribution in [0.15, 0.2) is 66.7 Å². The molecule has 1 aliphatic rings. The van der Waals surface area contributed by atoms with E-state index in [1.165, 1.54) is 35.2 Å². The second-order valence-electron chi connectivity index (χ2n) is 7.96. The molecule has 7 nitrogen and oxygen atoms in total. The van der Waals surface area contributed by atoms with Gasteiger partial charge in [0.2, 0.25) is 10.0 Å². The standard InChI is InChI=1S/C23H22FN3O4S/c1-23(2)22(28)27(17-11-9-15(24)10-12-17)20-13-18(25-16-7-5-4-6-8-16)19(14-21(20)31-23)26-32(3,29)30/h4-14,25-26H,1-3H3. The van der Waals surface area contributed by atoms with Crippen molar-refractivity contribution in [2.24, 2.45) is 0 Å². The molecule has 3 aromatic rings. The fourth-order valence-electron chi connectivity index (χ4n) is 3.43. The number of ether oxygens (including phenoxy) is 1. The molecule has 0 atom stereocenters. The third-order valence-electron chi connectivity index (χ3n) is 4.86. The Labute approximate surface area is 185 Å². The molecule has 0 spiro atoms. The Kier molecular flexibility index (Phi) is 5.29. The van der Waals surface area contributed by atoms with Crippen LogP contribution in [-0.4, -0.2) is 26.2 Å². The van der Waals surface area contributed by atoms with Crippen molar-refractivity contribution in [2.75, 3.05) is 21.2 Å². The lowest BCUT2D eigenvalue weighted by molar-refractivity contribution is -0.131. The first-order valence-electron chi connectivity index (χ1n) is 9.80. The molecule has 0 aliphatic carbocycles. The highest BCUT2D eigenvalue weighted by Crippen LogP contribution is 2.46. The number of rotatable bonds is 5. The van der Waals surface area contributed by atoms with Crippen molar-refractivity contribution in [3.05, 3.63) is 72.5 Å². The number of nitrogens with zero attached hydrogens (tertiary/aromatic N) is 1. The lowest BCUT2D eigenvalue weighted by atomic mass is 10.0.